The fourth-order valence-corrected chi connectivity index (χ4v) is 3.26. The van der Waals surface area contributed by atoms with Gasteiger partial charge in [-0.25, -0.2) is 9.07 Å². The zero-order chi connectivity index (χ0) is 16.7. The number of anilines is 1. The van der Waals surface area contributed by atoms with E-state index in [1.165, 1.54) is 12.1 Å². The third-order valence-corrected chi connectivity index (χ3v) is 4.47. The Morgan fingerprint density at radius 1 is 1.21 bits per heavy atom. The van der Waals surface area contributed by atoms with Gasteiger partial charge in [0, 0.05) is 5.56 Å². The molecule has 0 saturated heterocycles. The van der Waals surface area contributed by atoms with Gasteiger partial charge in [-0.1, -0.05) is 0 Å². The minimum atomic E-state index is -0.296. The summed E-state index contributed by atoms with van der Waals surface area (Å²) in [5, 5.41) is 7.19. The number of rotatable bonds is 2. The van der Waals surface area contributed by atoms with E-state index in [0.29, 0.717) is 11.4 Å². The fourth-order valence-electron chi connectivity index (χ4n) is 2.60. The van der Waals surface area contributed by atoms with Crippen molar-refractivity contribution in [3.05, 3.63) is 58.0 Å². The maximum atomic E-state index is 13.2. The van der Waals surface area contributed by atoms with Gasteiger partial charge in [0.15, 0.2) is 6.61 Å². The maximum Gasteiger partial charge on any atom is 0.262 e. The molecule has 1 aromatic heterocycles. The van der Waals surface area contributed by atoms with Crippen LogP contribution in [0.5, 0.6) is 5.75 Å². The lowest BCUT2D eigenvalue weighted by Crippen LogP contribution is -2.25. The second-order valence-electron chi connectivity index (χ2n) is 5.28. The van der Waals surface area contributed by atoms with E-state index in [1.807, 2.05) is 18.2 Å². The summed E-state index contributed by atoms with van der Waals surface area (Å²) in [7, 11) is 0. The number of ether oxygens (including phenoxy) is 1. The first-order valence-electron chi connectivity index (χ1n) is 7.18. The molecule has 0 saturated carbocycles. The Morgan fingerprint density at radius 2 is 2.00 bits per heavy atom. The van der Waals surface area contributed by atoms with Crippen molar-refractivity contribution in [2.45, 2.75) is 0 Å². The van der Waals surface area contributed by atoms with Crippen molar-refractivity contribution in [1.29, 1.82) is 0 Å². The lowest BCUT2D eigenvalue weighted by Gasteiger charge is -2.19. The lowest BCUT2D eigenvalue weighted by molar-refractivity contribution is -0.118. The van der Waals surface area contributed by atoms with Crippen LogP contribution in [0, 0.1) is 9.39 Å². The molecule has 0 unspecified atom stereocenters. The zero-order valence-corrected chi connectivity index (χ0v) is 14.5. The van der Waals surface area contributed by atoms with Crippen LogP contribution < -0.4 is 10.1 Å². The SMILES string of the molecule is O=C1COc2ccc(-c3c(I)cnn3-c3ccc(F)cc3)cc2N1. The predicted molar refractivity (Wildman–Crippen MR) is 95.8 cm³/mol. The zero-order valence-electron chi connectivity index (χ0n) is 12.3. The van der Waals surface area contributed by atoms with Gasteiger partial charge in [-0.15, -0.1) is 0 Å². The third-order valence-electron chi connectivity index (χ3n) is 3.68. The molecule has 1 aliphatic rings. The van der Waals surface area contributed by atoms with Crippen molar-refractivity contribution >= 4 is 34.2 Å². The highest BCUT2D eigenvalue weighted by molar-refractivity contribution is 14.1. The summed E-state index contributed by atoms with van der Waals surface area (Å²) >= 11 is 2.20. The molecule has 1 N–H and O–H groups in total. The van der Waals surface area contributed by atoms with E-state index >= 15 is 0 Å². The minimum absolute atomic E-state index is 0.0252. The molecule has 2 heterocycles. The summed E-state index contributed by atoms with van der Waals surface area (Å²) < 4.78 is 21.2. The van der Waals surface area contributed by atoms with Crippen LogP contribution in [0.4, 0.5) is 10.1 Å². The van der Waals surface area contributed by atoms with Gasteiger partial charge in [0.2, 0.25) is 0 Å². The Morgan fingerprint density at radius 3 is 2.79 bits per heavy atom. The van der Waals surface area contributed by atoms with Gasteiger partial charge < -0.3 is 10.1 Å². The fraction of sp³-hybridized carbons (Fsp3) is 0.0588. The Bertz CT molecular complexity index is 938. The highest BCUT2D eigenvalue weighted by Gasteiger charge is 2.19. The molecule has 0 fully saturated rings. The summed E-state index contributed by atoms with van der Waals surface area (Å²) in [4.78, 5) is 11.5. The first-order valence-corrected chi connectivity index (χ1v) is 8.26. The molecule has 0 atom stereocenters. The Hall–Kier alpha value is -2.42. The molecule has 2 aromatic carbocycles. The number of carbonyl (C=O) groups excluding carboxylic acids is 1. The van der Waals surface area contributed by atoms with Crippen LogP contribution in [0.25, 0.3) is 16.9 Å². The molecule has 4 rings (SSSR count). The van der Waals surface area contributed by atoms with E-state index < -0.39 is 0 Å². The van der Waals surface area contributed by atoms with E-state index in [0.717, 1.165) is 20.5 Å². The summed E-state index contributed by atoms with van der Waals surface area (Å²) in [5.74, 6) is 0.165. The van der Waals surface area contributed by atoms with Gasteiger partial charge in [-0.2, -0.15) is 5.10 Å². The van der Waals surface area contributed by atoms with Crippen molar-refractivity contribution in [3.63, 3.8) is 0 Å². The molecule has 0 radical (unpaired) electrons. The van der Waals surface area contributed by atoms with Gasteiger partial charge in [-0.3, -0.25) is 4.79 Å². The molecule has 3 aromatic rings. The summed E-state index contributed by atoms with van der Waals surface area (Å²) in [5.41, 5.74) is 3.13. The number of amides is 1. The average molecular weight is 435 g/mol. The molecular formula is C17H11FIN3O2. The van der Waals surface area contributed by atoms with Crippen LogP contribution >= 0.6 is 22.6 Å². The van der Waals surface area contributed by atoms with E-state index in [1.54, 1.807) is 23.0 Å². The normalized spacial score (nSPS) is 13.2. The highest BCUT2D eigenvalue weighted by atomic mass is 127. The van der Waals surface area contributed by atoms with Crippen LogP contribution in [-0.4, -0.2) is 22.3 Å². The quantitative estimate of drug-likeness (QED) is 0.626. The molecule has 7 heteroatoms. The number of benzene rings is 2. The monoisotopic (exact) mass is 435 g/mol. The number of hydrogen-bond acceptors (Lipinski definition) is 3. The number of nitrogens with one attached hydrogen (secondary N) is 1. The van der Waals surface area contributed by atoms with Crippen LogP contribution in [0.2, 0.25) is 0 Å². The lowest BCUT2D eigenvalue weighted by atomic mass is 10.1. The summed E-state index contributed by atoms with van der Waals surface area (Å²) in [6.07, 6.45) is 1.74. The van der Waals surface area contributed by atoms with Crippen LogP contribution in [0.1, 0.15) is 0 Å². The van der Waals surface area contributed by atoms with Gasteiger partial charge in [0.1, 0.15) is 11.6 Å². The van der Waals surface area contributed by atoms with Crippen LogP contribution in [-0.2, 0) is 4.79 Å². The molecule has 0 aliphatic carbocycles. The number of hydrogen-bond donors (Lipinski definition) is 1. The van der Waals surface area contributed by atoms with Crippen molar-refractivity contribution in [2.24, 2.45) is 0 Å². The molecular weight excluding hydrogens is 424 g/mol. The Labute approximate surface area is 150 Å². The van der Waals surface area contributed by atoms with Crippen molar-refractivity contribution in [2.75, 3.05) is 11.9 Å². The molecule has 120 valence electrons. The molecule has 5 nitrogen and oxygen atoms in total. The van der Waals surface area contributed by atoms with Gasteiger partial charge in [0.05, 0.1) is 26.8 Å². The standard InChI is InChI=1S/C17H11FIN3O2/c18-11-2-4-12(5-3-11)22-17(13(19)8-20-22)10-1-6-15-14(7-10)21-16(23)9-24-15/h1-8H,9H2,(H,21,23). The number of nitrogens with zero attached hydrogens (tertiary/aromatic N) is 2. The number of halogens is 2. The minimum Gasteiger partial charge on any atom is -0.482 e. The molecule has 0 spiro atoms. The van der Waals surface area contributed by atoms with Gasteiger partial charge in [0.25, 0.3) is 5.91 Å². The van der Waals surface area contributed by atoms with E-state index in [2.05, 4.69) is 33.0 Å². The van der Waals surface area contributed by atoms with Crippen molar-refractivity contribution < 1.29 is 13.9 Å². The third kappa shape index (κ3) is 2.64. The van der Waals surface area contributed by atoms with Gasteiger partial charge in [-0.05, 0) is 65.1 Å². The topological polar surface area (TPSA) is 56.1 Å². The number of carbonyl (C=O) groups is 1. The van der Waals surface area contributed by atoms with Crippen molar-refractivity contribution in [1.82, 2.24) is 9.78 Å². The number of aromatic nitrogens is 2. The summed E-state index contributed by atoms with van der Waals surface area (Å²) in [6.45, 7) is 0.0252. The van der Waals surface area contributed by atoms with E-state index in [9.17, 15) is 9.18 Å². The Kier molecular flexibility index (Phi) is 3.72. The first-order chi connectivity index (χ1) is 11.6. The molecule has 24 heavy (non-hydrogen) atoms. The summed E-state index contributed by atoms with van der Waals surface area (Å²) in [6, 6.07) is 11.7. The molecule has 0 bridgehead atoms. The average Bonchev–Trinajstić information content (AvgIpc) is 2.96. The predicted octanol–water partition coefficient (Wildman–Crippen LogP) is 3.61. The Balaban J connectivity index is 1.83. The van der Waals surface area contributed by atoms with E-state index in [4.69, 9.17) is 4.74 Å². The second-order valence-corrected chi connectivity index (χ2v) is 6.44. The largest absolute Gasteiger partial charge is 0.482 e. The van der Waals surface area contributed by atoms with E-state index in [-0.39, 0.29) is 18.3 Å². The van der Waals surface area contributed by atoms with Crippen LogP contribution in [0.15, 0.2) is 48.7 Å². The van der Waals surface area contributed by atoms with Gasteiger partial charge >= 0.3 is 0 Å². The number of fused-ring (bicyclic) bond motifs is 1. The second kappa shape index (κ2) is 5.90. The van der Waals surface area contributed by atoms with Crippen molar-refractivity contribution in [3.8, 4) is 22.7 Å². The first kappa shape index (κ1) is 15.1. The maximum absolute atomic E-state index is 13.2. The molecule has 1 aliphatic heterocycles. The highest BCUT2D eigenvalue weighted by Crippen LogP contribution is 2.35. The van der Waals surface area contributed by atoms with Crippen LogP contribution in [0.3, 0.4) is 0 Å². The smallest absolute Gasteiger partial charge is 0.262 e. The molecule has 1 amide bonds.